The second kappa shape index (κ2) is 6.97. The number of nitrogens with one attached hydrogen (secondary N) is 1. The molecule has 1 amide bonds. The van der Waals surface area contributed by atoms with Crippen molar-refractivity contribution in [2.45, 2.75) is 6.54 Å². The number of hydrogen-bond acceptors (Lipinski definition) is 6. The minimum absolute atomic E-state index is 0.233. The Morgan fingerprint density at radius 1 is 1.14 bits per heavy atom. The molecule has 2 saturated heterocycles. The number of rotatable bonds is 4. The summed E-state index contributed by atoms with van der Waals surface area (Å²) in [6.45, 7) is 7.82. The van der Waals surface area contributed by atoms with Gasteiger partial charge in [-0.25, -0.2) is 4.98 Å². The van der Waals surface area contributed by atoms with Crippen molar-refractivity contribution in [2.24, 2.45) is 0 Å². The molecule has 0 bridgehead atoms. The van der Waals surface area contributed by atoms with Gasteiger partial charge in [0.05, 0.1) is 26.3 Å². The Hall–Kier alpha value is -1.51. The van der Waals surface area contributed by atoms with Crippen LogP contribution in [0.4, 0.5) is 0 Å². The van der Waals surface area contributed by atoms with Crippen LogP contribution in [0.15, 0.2) is 6.33 Å². The molecule has 2 fully saturated rings. The third-order valence-electron chi connectivity index (χ3n) is 4.03. The molecule has 0 aliphatic carbocycles. The average Bonchev–Trinajstić information content (AvgIpc) is 3.02. The van der Waals surface area contributed by atoms with E-state index in [0.717, 1.165) is 64.9 Å². The minimum atomic E-state index is 0.233. The molecule has 1 aromatic heterocycles. The molecule has 0 saturated carbocycles. The van der Waals surface area contributed by atoms with Gasteiger partial charge in [0, 0.05) is 39.3 Å². The van der Waals surface area contributed by atoms with Gasteiger partial charge in [0.25, 0.3) is 0 Å². The van der Waals surface area contributed by atoms with Crippen LogP contribution in [0, 0.1) is 0 Å². The zero-order chi connectivity index (χ0) is 14.5. The Bertz CT molecular complexity index is 438. The number of piperazine rings is 1. The van der Waals surface area contributed by atoms with Crippen LogP contribution in [0.3, 0.4) is 0 Å². The highest BCUT2D eigenvalue weighted by Gasteiger charge is 2.23. The maximum atomic E-state index is 12.3. The maximum absolute atomic E-state index is 12.3. The molecular weight excluding hydrogens is 272 g/mol. The van der Waals surface area contributed by atoms with E-state index in [4.69, 9.17) is 4.74 Å². The predicted octanol–water partition coefficient (Wildman–Crippen LogP) is -1.22. The Labute approximate surface area is 124 Å². The fourth-order valence-electron chi connectivity index (χ4n) is 2.72. The Balaban J connectivity index is 1.41. The van der Waals surface area contributed by atoms with Crippen molar-refractivity contribution in [1.29, 1.82) is 0 Å². The molecule has 21 heavy (non-hydrogen) atoms. The molecule has 1 N–H and O–H groups in total. The van der Waals surface area contributed by atoms with Crippen molar-refractivity contribution < 1.29 is 9.53 Å². The van der Waals surface area contributed by atoms with E-state index < -0.39 is 0 Å². The van der Waals surface area contributed by atoms with Gasteiger partial charge in [-0.3, -0.25) is 19.7 Å². The van der Waals surface area contributed by atoms with E-state index in [1.54, 1.807) is 0 Å². The van der Waals surface area contributed by atoms with Crippen LogP contribution in [-0.4, -0.2) is 94.8 Å². The SMILES string of the molecule is O=C(CN1CCOCC1)N1CCN(Cc2ncn[nH]2)CC1. The largest absolute Gasteiger partial charge is 0.379 e. The van der Waals surface area contributed by atoms with Gasteiger partial charge in [0.2, 0.25) is 5.91 Å². The number of hydrogen-bond donors (Lipinski definition) is 1. The highest BCUT2D eigenvalue weighted by Crippen LogP contribution is 2.06. The summed E-state index contributed by atoms with van der Waals surface area (Å²) in [5.41, 5.74) is 0. The first-order valence-corrected chi connectivity index (χ1v) is 7.46. The van der Waals surface area contributed by atoms with Crippen LogP contribution in [0.2, 0.25) is 0 Å². The van der Waals surface area contributed by atoms with Crippen molar-refractivity contribution in [3.05, 3.63) is 12.2 Å². The van der Waals surface area contributed by atoms with Gasteiger partial charge in [-0.15, -0.1) is 0 Å². The molecule has 116 valence electrons. The Morgan fingerprint density at radius 3 is 2.57 bits per heavy atom. The third kappa shape index (κ3) is 3.99. The molecule has 0 spiro atoms. The summed E-state index contributed by atoms with van der Waals surface area (Å²) < 4.78 is 5.30. The van der Waals surface area contributed by atoms with Crippen LogP contribution >= 0.6 is 0 Å². The van der Waals surface area contributed by atoms with Crippen molar-refractivity contribution in [1.82, 2.24) is 29.9 Å². The summed E-state index contributed by atoms with van der Waals surface area (Å²) in [5, 5.41) is 6.72. The smallest absolute Gasteiger partial charge is 0.236 e. The van der Waals surface area contributed by atoms with Crippen LogP contribution < -0.4 is 0 Å². The summed E-state index contributed by atoms with van der Waals surface area (Å²) in [6.07, 6.45) is 1.53. The van der Waals surface area contributed by atoms with Gasteiger partial charge in [-0.05, 0) is 0 Å². The van der Waals surface area contributed by atoms with Crippen LogP contribution in [0.1, 0.15) is 5.82 Å². The Kier molecular flexibility index (Phi) is 4.79. The molecule has 8 nitrogen and oxygen atoms in total. The standard InChI is InChI=1S/C13H22N6O2/c20-13(10-18-5-7-21-8-6-18)19-3-1-17(2-4-19)9-12-14-11-15-16-12/h11H,1-10H2,(H,14,15,16). The van der Waals surface area contributed by atoms with Crippen LogP contribution in [0.25, 0.3) is 0 Å². The summed E-state index contributed by atoms with van der Waals surface area (Å²) in [6, 6.07) is 0. The molecule has 2 aliphatic rings. The van der Waals surface area contributed by atoms with E-state index in [2.05, 4.69) is 25.0 Å². The van der Waals surface area contributed by atoms with Gasteiger partial charge >= 0.3 is 0 Å². The first-order valence-electron chi connectivity index (χ1n) is 7.46. The number of carbonyl (C=O) groups excluding carboxylic acids is 1. The zero-order valence-corrected chi connectivity index (χ0v) is 12.2. The highest BCUT2D eigenvalue weighted by atomic mass is 16.5. The average molecular weight is 294 g/mol. The van der Waals surface area contributed by atoms with Gasteiger partial charge in [-0.2, -0.15) is 5.10 Å². The second-order valence-corrected chi connectivity index (χ2v) is 5.48. The summed E-state index contributed by atoms with van der Waals surface area (Å²) >= 11 is 0. The fraction of sp³-hybridized carbons (Fsp3) is 0.769. The van der Waals surface area contributed by atoms with E-state index in [0.29, 0.717) is 6.54 Å². The normalized spacial score (nSPS) is 21.6. The van der Waals surface area contributed by atoms with Gasteiger partial charge in [0.15, 0.2) is 0 Å². The lowest BCUT2D eigenvalue weighted by Gasteiger charge is -2.36. The van der Waals surface area contributed by atoms with Gasteiger partial charge < -0.3 is 9.64 Å². The van der Waals surface area contributed by atoms with E-state index >= 15 is 0 Å². The third-order valence-corrected chi connectivity index (χ3v) is 4.03. The first kappa shape index (κ1) is 14.4. The van der Waals surface area contributed by atoms with Crippen molar-refractivity contribution in [2.75, 3.05) is 59.0 Å². The number of amides is 1. The molecule has 3 heterocycles. The fourth-order valence-corrected chi connectivity index (χ4v) is 2.72. The number of aromatic nitrogens is 3. The van der Waals surface area contributed by atoms with E-state index in [1.807, 2.05) is 4.90 Å². The van der Waals surface area contributed by atoms with Crippen molar-refractivity contribution in [3.63, 3.8) is 0 Å². The van der Waals surface area contributed by atoms with Gasteiger partial charge in [-0.1, -0.05) is 0 Å². The van der Waals surface area contributed by atoms with Crippen LogP contribution in [-0.2, 0) is 16.1 Å². The van der Waals surface area contributed by atoms with E-state index in [9.17, 15) is 4.79 Å². The zero-order valence-electron chi connectivity index (χ0n) is 12.2. The van der Waals surface area contributed by atoms with Crippen molar-refractivity contribution in [3.8, 4) is 0 Å². The summed E-state index contributed by atoms with van der Waals surface area (Å²) in [7, 11) is 0. The van der Waals surface area contributed by atoms with Gasteiger partial charge in [0.1, 0.15) is 12.2 Å². The van der Waals surface area contributed by atoms with Crippen LogP contribution in [0.5, 0.6) is 0 Å². The molecule has 0 radical (unpaired) electrons. The number of morpholine rings is 1. The summed E-state index contributed by atoms with van der Waals surface area (Å²) in [5.74, 6) is 1.11. The molecule has 0 aromatic carbocycles. The molecule has 1 aromatic rings. The Morgan fingerprint density at radius 2 is 1.90 bits per heavy atom. The highest BCUT2D eigenvalue weighted by molar-refractivity contribution is 5.78. The number of aromatic amines is 1. The number of nitrogens with zero attached hydrogens (tertiary/aromatic N) is 5. The lowest BCUT2D eigenvalue weighted by atomic mass is 10.3. The first-order chi connectivity index (χ1) is 10.3. The topological polar surface area (TPSA) is 77.6 Å². The quantitative estimate of drug-likeness (QED) is 0.750. The second-order valence-electron chi connectivity index (χ2n) is 5.48. The maximum Gasteiger partial charge on any atom is 0.236 e. The molecule has 8 heteroatoms. The predicted molar refractivity (Wildman–Crippen MR) is 75.5 cm³/mol. The molecule has 0 unspecified atom stereocenters. The lowest BCUT2D eigenvalue weighted by Crippen LogP contribution is -2.52. The molecule has 2 aliphatic heterocycles. The van der Waals surface area contributed by atoms with Crippen molar-refractivity contribution >= 4 is 5.91 Å². The van der Waals surface area contributed by atoms with E-state index in [1.165, 1.54) is 6.33 Å². The number of carbonyl (C=O) groups is 1. The lowest BCUT2D eigenvalue weighted by molar-refractivity contribution is -0.135. The number of H-pyrrole nitrogens is 1. The molecule has 3 rings (SSSR count). The minimum Gasteiger partial charge on any atom is -0.379 e. The molecular formula is C13H22N6O2. The van der Waals surface area contributed by atoms with E-state index in [-0.39, 0.29) is 5.91 Å². The number of ether oxygens (including phenoxy) is 1. The molecule has 0 atom stereocenters. The summed E-state index contributed by atoms with van der Waals surface area (Å²) in [4.78, 5) is 22.8. The monoisotopic (exact) mass is 294 g/mol.